The van der Waals surface area contributed by atoms with Crippen LogP contribution in [0.5, 0.6) is 0 Å². The molecule has 0 aliphatic rings. The third-order valence-corrected chi connectivity index (χ3v) is 1.80. The third-order valence-electron chi connectivity index (χ3n) is 1.80. The van der Waals surface area contributed by atoms with E-state index in [4.69, 9.17) is 4.42 Å². The van der Waals surface area contributed by atoms with Gasteiger partial charge in [0.25, 0.3) is 0 Å². The van der Waals surface area contributed by atoms with E-state index in [9.17, 15) is 14.4 Å². The molecule has 1 rings (SSSR count). The van der Waals surface area contributed by atoms with Crippen molar-refractivity contribution in [1.82, 2.24) is 0 Å². The lowest BCUT2D eigenvalue weighted by Crippen LogP contribution is -2.08. The van der Waals surface area contributed by atoms with Crippen LogP contribution in [0.3, 0.4) is 0 Å². The molecule has 1 heterocycles. The summed E-state index contributed by atoms with van der Waals surface area (Å²) in [5, 5.41) is 0. The van der Waals surface area contributed by atoms with E-state index in [1.165, 1.54) is 26.4 Å². The Morgan fingerprint density at radius 3 is 2.31 bits per heavy atom. The standard InChI is InChI=1S/C10H10O6/c1-14-9(12)5-6(11)7-3-4-8(16-7)10(13)15-2/h3-4H,5H2,1-2H3. The predicted octanol–water partition coefficient (Wildman–Crippen LogP) is 0.812. The van der Waals surface area contributed by atoms with Gasteiger partial charge in [0, 0.05) is 0 Å². The Kier molecular flexibility index (Phi) is 3.82. The summed E-state index contributed by atoms with van der Waals surface area (Å²) in [6, 6.07) is 2.61. The first-order valence-corrected chi connectivity index (χ1v) is 4.36. The molecule has 0 aromatic carbocycles. The molecule has 16 heavy (non-hydrogen) atoms. The van der Waals surface area contributed by atoms with E-state index in [1.54, 1.807) is 0 Å². The summed E-state index contributed by atoms with van der Waals surface area (Å²) in [7, 11) is 2.37. The smallest absolute Gasteiger partial charge is 0.373 e. The largest absolute Gasteiger partial charge is 0.469 e. The van der Waals surface area contributed by atoms with Gasteiger partial charge in [0.2, 0.25) is 11.5 Å². The number of carbonyl (C=O) groups excluding carboxylic acids is 3. The van der Waals surface area contributed by atoms with Crippen molar-refractivity contribution in [2.75, 3.05) is 14.2 Å². The first-order valence-electron chi connectivity index (χ1n) is 4.36. The van der Waals surface area contributed by atoms with Gasteiger partial charge in [-0.3, -0.25) is 9.59 Å². The summed E-state index contributed by atoms with van der Waals surface area (Å²) in [5.74, 6) is -2.07. The summed E-state index contributed by atoms with van der Waals surface area (Å²) >= 11 is 0. The number of ketones is 1. The Bertz CT molecular complexity index is 417. The van der Waals surface area contributed by atoms with Crippen LogP contribution in [0.2, 0.25) is 0 Å². The van der Waals surface area contributed by atoms with Crippen molar-refractivity contribution in [3.8, 4) is 0 Å². The van der Waals surface area contributed by atoms with Gasteiger partial charge in [-0.25, -0.2) is 4.79 Å². The molecule has 0 N–H and O–H groups in total. The minimum absolute atomic E-state index is 0.0780. The second-order valence-electron chi connectivity index (χ2n) is 2.83. The maximum Gasteiger partial charge on any atom is 0.373 e. The fourth-order valence-corrected chi connectivity index (χ4v) is 0.988. The van der Waals surface area contributed by atoms with Crippen LogP contribution in [-0.2, 0) is 14.3 Å². The van der Waals surface area contributed by atoms with Gasteiger partial charge in [0.1, 0.15) is 6.42 Å². The second-order valence-corrected chi connectivity index (χ2v) is 2.83. The van der Waals surface area contributed by atoms with Gasteiger partial charge in [0.05, 0.1) is 14.2 Å². The molecule has 1 aromatic heterocycles. The fourth-order valence-electron chi connectivity index (χ4n) is 0.988. The van der Waals surface area contributed by atoms with Gasteiger partial charge in [-0.2, -0.15) is 0 Å². The summed E-state index contributed by atoms with van der Waals surface area (Å²) in [6.07, 6.45) is -0.426. The number of methoxy groups -OCH3 is 2. The van der Waals surface area contributed by atoms with Crippen molar-refractivity contribution in [2.24, 2.45) is 0 Å². The Hall–Kier alpha value is -2.11. The SMILES string of the molecule is COC(=O)CC(=O)c1ccc(C(=O)OC)o1. The normalized spacial score (nSPS) is 9.62. The van der Waals surface area contributed by atoms with Crippen molar-refractivity contribution in [2.45, 2.75) is 6.42 Å². The minimum atomic E-state index is -0.683. The number of ether oxygens (including phenoxy) is 2. The molecule has 6 heteroatoms. The Labute approximate surface area is 91.1 Å². The number of Topliss-reactive ketones (excluding diaryl/α,β-unsaturated/α-hetero) is 1. The number of hydrogen-bond acceptors (Lipinski definition) is 6. The highest BCUT2D eigenvalue weighted by atomic mass is 16.5. The van der Waals surface area contributed by atoms with Gasteiger partial charge in [-0.15, -0.1) is 0 Å². The van der Waals surface area contributed by atoms with Gasteiger partial charge in [-0.05, 0) is 12.1 Å². The van der Waals surface area contributed by atoms with Crippen LogP contribution < -0.4 is 0 Å². The second kappa shape index (κ2) is 5.11. The number of rotatable bonds is 4. The lowest BCUT2D eigenvalue weighted by atomic mass is 10.2. The molecular formula is C10H10O6. The lowest BCUT2D eigenvalue weighted by molar-refractivity contribution is -0.139. The maximum absolute atomic E-state index is 11.4. The van der Waals surface area contributed by atoms with E-state index in [2.05, 4.69) is 9.47 Å². The molecule has 0 aliphatic carbocycles. The van der Waals surface area contributed by atoms with Crippen LogP contribution in [0.15, 0.2) is 16.5 Å². The van der Waals surface area contributed by atoms with Crippen molar-refractivity contribution >= 4 is 17.7 Å². The van der Waals surface area contributed by atoms with Crippen LogP contribution in [-0.4, -0.2) is 31.9 Å². The average Bonchev–Trinajstić information content (AvgIpc) is 2.77. The molecule has 6 nitrogen and oxygen atoms in total. The van der Waals surface area contributed by atoms with Crippen LogP contribution in [0.1, 0.15) is 27.5 Å². The topological polar surface area (TPSA) is 82.8 Å². The van der Waals surface area contributed by atoms with Gasteiger partial charge in [-0.1, -0.05) is 0 Å². The van der Waals surface area contributed by atoms with E-state index in [0.717, 1.165) is 0 Å². The van der Waals surface area contributed by atoms with Crippen molar-refractivity contribution in [3.05, 3.63) is 23.7 Å². The van der Waals surface area contributed by atoms with Crippen molar-refractivity contribution in [3.63, 3.8) is 0 Å². The minimum Gasteiger partial charge on any atom is -0.469 e. The van der Waals surface area contributed by atoms with Crippen LogP contribution in [0, 0.1) is 0 Å². The lowest BCUT2D eigenvalue weighted by Gasteiger charge is -1.96. The zero-order chi connectivity index (χ0) is 12.1. The summed E-state index contributed by atoms with van der Waals surface area (Å²) < 4.78 is 13.6. The number of furan rings is 1. The highest BCUT2D eigenvalue weighted by Crippen LogP contribution is 2.11. The van der Waals surface area contributed by atoms with E-state index in [1.807, 2.05) is 0 Å². The Balaban J connectivity index is 2.74. The highest BCUT2D eigenvalue weighted by molar-refractivity contribution is 6.04. The molecule has 0 unspecified atom stereocenters. The molecular weight excluding hydrogens is 216 g/mol. The monoisotopic (exact) mass is 226 g/mol. The van der Waals surface area contributed by atoms with E-state index in [0.29, 0.717) is 0 Å². The summed E-state index contributed by atoms with van der Waals surface area (Å²) in [5.41, 5.74) is 0. The molecule has 0 bridgehead atoms. The van der Waals surface area contributed by atoms with E-state index < -0.39 is 24.1 Å². The molecule has 1 aromatic rings. The quantitative estimate of drug-likeness (QED) is 0.429. The van der Waals surface area contributed by atoms with Crippen LogP contribution >= 0.6 is 0 Å². The first-order chi connectivity index (χ1) is 7.58. The third kappa shape index (κ3) is 2.69. The van der Waals surface area contributed by atoms with Crippen molar-refractivity contribution in [1.29, 1.82) is 0 Å². The average molecular weight is 226 g/mol. The number of hydrogen-bond donors (Lipinski definition) is 0. The van der Waals surface area contributed by atoms with Crippen molar-refractivity contribution < 1.29 is 28.3 Å². The zero-order valence-corrected chi connectivity index (χ0v) is 8.81. The Morgan fingerprint density at radius 1 is 1.12 bits per heavy atom. The van der Waals surface area contributed by atoms with Crippen LogP contribution in [0.25, 0.3) is 0 Å². The molecule has 0 fully saturated rings. The van der Waals surface area contributed by atoms with E-state index in [-0.39, 0.29) is 11.5 Å². The molecule has 0 radical (unpaired) electrons. The molecule has 0 saturated heterocycles. The van der Waals surface area contributed by atoms with Gasteiger partial charge >= 0.3 is 11.9 Å². The molecule has 86 valence electrons. The fraction of sp³-hybridized carbons (Fsp3) is 0.300. The molecule has 0 saturated carbocycles. The first kappa shape index (κ1) is 12.0. The highest BCUT2D eigenvalue weighted by Gasteiger charge is 2.18. The van der Waals surface area contributed by atoms with Gasteiger partial charge in [0.15, 0.2) is 5.76 Å². The molecule has 0 amide bonds. The number of esters is 2. The van der Waals surface area contributed by atoms with Gasteiger partial charge < -0.3 is 13.9 Å². The molecule has 0 atom stereocenters. The summed E-state index contributed by atoms with van der Waals surface area (Å²) in [6.45, 7) is 0. The van der Waals surface area contributed by atoms with E-state index >= 15 is 0 Å². The predicted molar refractivity (Wildman–Crippen MR) is 51.0 cm³/mol. The maximum atomic E-state index is 11.4. The zero-order valence-electron chi connectivity index (χ0n) is 8.81. The van der Waals surface area contributed by atoms with Crippen LogP contribution in [0.4, 0.5) is 0 Å². The molecule has 0 spiro atoms. The number of carbonyl (C=O) groups is 3. The Morgan fingerprint density at radius 2 is 1.75 bits per heavy atom. The summed E-state index contributed by atoms with van der Waals surface area (Å²) in [4.78, 5) is 33.2. The molecule has 0 aliphatic heterocycles.